The third kappa shape index (κ3) is 2.35. The zero-order valence-electron chi connectivity index (χ0n) is 6.59. The molecule has 1 aromatic rings. The van der Waals surface area contributed by atoms with Gasteiger partial charge < -0.3 is 4.57 Å². The Morgan fingerprint density at radius 1 is 1.67 bits per heavy atom. The van der Waals surface area contributed by atoms with E-state index < -0.39 is 5.92 Å². The van der Waals surface area contributed by atoms with Crippen LogP contribution in [-0.4, -0.2) is 10.5 Å². The van der Waals surface area contributed by atoms with Crippen molar-refractivity contribution in [2.24, 2.45) is 0 Å². The fourth-order valence-electron chi connectivity index (χ4n) is 0.926. The predicted octanol–water partition coefficient (Wildman–Crippen LogP) is 2.01. The zero-order valence-corrected chi connectivity index (χ0v) is 6.59. The van der Waals surface area contributed by atoms with Crippen molar-refractivity contribution in [3.63, 3.8) is 0 Å². The average Bonchev–Trinajstić information content (AvgIpc) is 2.32. The predicted molar refractivity (Wildman–Crippen MR) is 39.8 cm³/mol. The molecule has 0 spiro atoms. The normalized spacial score (nSPS) is 11.2. The lowest BCUT2D eigenvalue weighted by Crippen LogP contribution is -2.17. The minimum atomic E-state index is -2.73. The van der Waals surface area contributed by atoms with Gasteiger partial charge in [-0.05, 0) is 6.07 Å². The standard InChI is InChI=1S/C8H8F2N2/c1-8(9,10)6-12-3-2-7(4-11)5-12/h2-3,5H,6H2,1H3. The maximum Gasteiger partial charge on any atom is 0.262 e. The monoisotopic (exact) mass is 170 g/mol. The highest BCUT2D eigenvalue weighted by atomic mass is 19.3. The lowest BCUT2D eigenvalue weighted by molar-refractivity contribution is 0.00402. The Balaban J connectivity index is 2.72. The van der Waals surface area contributed by atoms with Crippen molar-refractivity contribution in [2.45, 2.75) is 19.4 Å². The van der Waals surface area contributed by atoms with Gasteiger partial charge in [-0.3, -0.25) is 0 Å². The molecule has 0 aliphatic rings. The van der Waals surface area contributed by atoms with Crippen LogP contribution in [0.4, 0.5) is 8.78 Å². The van der Waals surface area contributed by atoms with E-state index >= 15 is 0 Å². The average molecular weight is 170 g/mol. The first-order valence-corrected chi connectivity index (χ1v) is 3.45. The van der Waals surface area contributed by atoms with Crippen LogP contribution in [0.25, 0.3) is 0 Å². The first-order valence-electron chi connectivity index (χ1n) is 3.45. The van der Waals surface area contributed by atoms with E-state index in [0.29, 0.717) is 5.56 Å². The second kappa shape index (κ2) is 2.94. The number of nitrogens with zero attached hydrogens (tertiary/aromatic N) is 2. The van der Waals surface area contributed by atoms with Gasteiger partial charge in [0.25, 0.3) is 5.92 Å². The Bertz CT molecular complexity index is 304. The summed E-state index contributed by atoms with van der Waals surface area (Å²) in [5.74, 6) is -2.73. The van der Waals surface area contributed by atoms with Gasteiger partial charge >= 0.3 is 0 Å². The molecule has 0 unspecified atom stereocenters. The summed E-state index contributed by atoms with van der Waals surface area (Å²) in [4.78, 5) is 0. The molecule has 4 heteroatoms. The van der Waals surface area contributed by atoms with E-state index in [0.717, 1.165) is 6.92 Å². The Morgan fingerprint density at radius 3 is 2.75 bits per heavy atom. The number of aromatic nitrogens is 1. The van der Waals surface area contributed by atoms with E-state index in [9.17, 15) is 8.78 Å². The summed E-state index contributed by atoms with van der Waals surface area (Å²) < 4.78 is 26.1. The Morgan fingerprint density at radius 2 is 2.33 bits per heavy atom. The van der Waals surface area contributed by atoms with Gasteiger partial charge in [0.1, 0.15) is 6.07 Å². The summed E-state index contributed by atoms with van der Waals surface area (Å²) in [5, 5.41) is 8.40. The third-order valence-corrected chi connectivity index (χ3v) is 1.34. The van der Waals surface area contributed by atoms with Crippen molar-refractivity contribution in [2.75, 3.05) is 0 Å². The van der Waals surface area contributed by atoms with Gasteiger partial charge in [0.15, 0.2) is 0 Å². The molecule has 0 bridgehead atoms. The topological polar surface area (TPSA) is 28.7 Å². The Hall–Kier alpha value is -1.37. The van der Waals surface area contributed by atoms with Gasteiger partial charge in [-0.1, -0.05) is 0 Å². The molecule has 0 atom stereocenters. The first-order chi connectivity index (χ1) is 5.51. The molecule has 0 aromatic carbocycles. The molecule has 0 aliphatic carbocycles. The minimum Gasteiger partial charge on any atom is -0.347 e. The molecule has 0 N–H and O–H groups in total. The fraction of sp³-hybridized carbons (Fsp3) is 0.375. The minimum absolute atomic E-state index is 0.380. The van der Waals surface area contributed by atoms with Crippen molar-refractivity contribution in [3.05, 3.63) is 24.0 Å². The Labute approximate surface area is 69.0 Å². The number of nitriles is 1. The quantitative estimate of drug-likeness (QED) is 0.667. The summed E-state index contributed by atoms with van der Waals surface area (Å²) in [7, 11) is 0. The molecule has 0 saturated carbocycles. The summed E-state index contributed by atoms with van der Waals surface area (Å²) in [6, 6.07) is 3.37. The van der Waals surface area contributed by atoms with Crippen molar-refractivity contribution in [3.8, 4) is 6.07 Å². The Kier molecular flexibility index (Phi) is 2.13. The first kappa shape index (κ1) is 8.72. The summed E-state index contributed by atoms with van der Waals surface area (Å²) in [5.41, 5.74) is 0.402. The van der Waals surface area contributed by atoms with Crippen molar-refractivity contribution < 1.29 is 8.78 Å². The van der Waals surface area contributed by atoms with Crippen LogP contribution in [0.3, 0.4) is 0 Å². The highest BCUT2D eigenvalue weighted by Crippen LogP contribution is 2.15. The van der Waals surface area contributed by atoms with Crippen molar-refractivity contribution in [1.82, 2.24) is 4.57 Å². The highest BCUT2D eigenvalue weighted by molar-refractivity contribution is 5.25. The lowest BCUT2D eigenvalue weighted by atomic mass is 10.4. The van der Waals surface area contributed by atoms with E-state index in [-0.39, 0.29) is 6.54 Å². The van der Waals surface area contributed by atoms with E-state index in [1.807, 2.05) is 6.07 Å². The third-order valence-electron chi connectivity index (χ3n) is 1.34. The maximum atomic E-state index is 12.4. The fourth-order valence-corrected chi connectivity index (χ4v) is 0.926. The largest absolute Gasteiger partial charge is 0.347 e. The molecular weight excluding hydrogens is 162 g/mol. The number of halogens is 2. The van der Waals surface area contributed by atoms with Gasteiger partial charge in [0.2, 0.25) is 0 Å². The van der Waals surface area contributed by atoms with Crippen molar-refractivity contribution in [1.29, 1.82) is 5.26 Å². The molecule has 0 radical (unpaired) electrons. The number of alkyl halides is 2. The molecule has 0 fully saturated rings. The molecule has 2 nitrogen and oxygen atoms in total. The lowest BCUT2D eigenvalue weighted by Gasteiger charge is -2.09. The molecule has 12 heavy (non-hydrogen) atoms. The van der Waals surface area contributed by atoms with E-state index in [1.165, 1.54) is 23.0 Å². The van der Waals surface area contributed by atoms with Gasteiger partial charge in [0, 0.05) is 19.3 Å². The molecule has 1 rings (SSSR count). The van der Waals surface area contributed by atoms with Crippen LogP contribution in [0.15, 0.2) is 18.5 Å². The van der Waals surface area contributed by atoms with Crippen LogP contribution in [0.5, 0.6) is 0 Å². The van der Waals surface area contributed by atoms with Crippen LogP contribution in [0.2, 0.25) is 0 Å². The summed E-state index contributed by atoms with van der Waals surface area (Å²) in [6.45, 7) is 0.466. The van der Waals surface area contributed by atoms with Gasteiger partial charge in [0.05, 0.1) is 12.1 Å². The van der Waals surface area contributed by atoms with Crippen LogP contribution in [-0.2, 0) is 6.54 Å². The van der Waals surface area contributed by atoms with E-state index in [4.69, 9.17) is 5.26 Å². The van der Waals surface area contributed by atoms with Gasteiger partial charge in [-0.2, -0.15) is 5.26 Å². The molecular formula is C8H8F2N2. The molecule has 64 valence electrons. The van der Waals surface area contributed by atoms with Crippen LogP contribution < -0.4 is 0 Å². The number of hydrogen-bond donors (Lipinski definition) is 0. The number of hydrogen-bond acceptors (Lipinski definition) is 1. The highest BCUT2D eigenvalue weighted by Gasteiger charge is 2.21. The number of rotatable bonds is 2. The summed E-state index contributed by atoms with van der Waals surface area (Å²) >= 11 is 0. The van der Waals surface area contributed by atoms with Crippen LogP contribution >= 0.6 is 0 Å². The molecule has 1 heterocycles. The molecule has 0 amide bonds. The van der Waals surface area contributed by atoms with E-state index in [1.54, 1.807) is 0 Å². The molecule has 0 saturated heterocycles. The smallest absolute Gasteiger partial charge is 0.262 e. The van der Waals surface area contributed by atoms with Gasteiger partial charge in [-0.15, -0.1) is 0 Å². The zero-order chi connectivity index (χ0) is 9.19. The SMILES string of the molecule is CC(F)(F)Cn1ccc(C#N)c1. The second-order valence-electron chi connectivity index (χ2n) is 2.75. The second-order valence-corrected chi connectivity index (χ2v) is 2.75. The maximum absolute atomic E-state index is 12.4. The summed E-state index contributed by atoms with van der Waals surface area (Å²) in [6.07, 6.45) is 2.87. The molecule has 1 aromatic heterocycles. The molecule has 0 aliphatic heterocycles. The van der Waals surface area contributed by atoms with E-state index in [2.05, 4.69) is 0 Å². The van der Waals surface area contributed by atoms with Crippen LogP contribution in [0, 0.1) is 11.3 Å². The van der Waals surface area contributed by atoms with Crippen LogP contribution in [0.1, 0.15) is 12.5 Å². The van der Waals surface area contributed by atoms with Gasteiger partial charge in [-0.25, -0.2) is 8.78 Å². The van der Waals surface area contributed by atoms with Crippen molar-refractivity contribution >= 4 is 0 Å².